The molecular formula is C30H29F2NO4S. The van der Waals surface area contributed by atoms with Crippen LogP contribution in [0, 0.1) is 24.5 Å². The molecule has 1 aliphatic rings. The molecule has 8 heteroatoms. The molecule has 1 fully saturated rings. The van der Waals surface area contributed by atoms with Crippen LogP contribution in [0.5, 0.6) is 23.0 Å². The molecule has 3 aromatic carbocycles. The highest BCUT2D eigenvalue weighted by Gasteiger charge is 2.26. The number of hydrogen-bond donors (Lipinski definition) is 1. The van der Waals surface area contributed by atoms with Crippen molar-refractivity contribution in [1.82, 2.24) is 4.90 Å². The highest BCUT2D eigenvalue weighted by molar-refractivity contribution is 7.21. The molecule has 1 saturated heterocycles. The third-order valence-electron chi connectivity index (χ3n) is 6.98. The van der Waals surface area contributed by atoms with E-state index in [9.17, 15) is 18.7 Å². The number of fused-ring (bicyclic) bond motifs is 1. The van der Waals surface area contributed by atoms with Gasteiger partial charge in [-0.25, -0.2) is 8.78 Å². The number of phenolic OH excluding ortho intramolecular Hbond substituents is 1. The van der Waals surface area contributed by atoms with Gasteiger partial charge in [-0.15, -0.1) is 11.3 Å². The van der Waals surface area contributed by atoms with E-state index >= 15 is 0 Å². The number of likely N-dealkylation sites (tertiary alicyclic amines) is 1. The normalized spacial score (nSPS) is 15.7. The maximum absolute atomic E-state index is 14.7. The molecule has 0 bridgehead atoms. The zero-order valence-corrected chi connectivity index (χ0v) is 22.1. The molecular weight excluding hydrogens is 508 g/mol. The second kappa shape index (κ2) is 11.1. The molecule has 0 unspecified atom stereocenters. The molecule has 5 rings (SSSR count). The summed E-state index contributed by atoms with van der Waals surface area (Å²) < 4.78 is 41.0. The standard InChI is InChI=1S/C30H29F2NO4S/c1-3-19-10-11-33(17-19)12-13-36-22-5-7-23(8-6-22)37-29-24-9-4-21(34)16-26(24)38-30(29)28(35)27-18(2)14-20(31)15-25(27)32/h4-9,14-16,19,34H,3,10-13,17H2,1-2H3/t19-/m1/s1. The van der Waals surface area contributed by atoms with E-state index in [0.717, 1.165) is 43.0 Å². The Morgan fingerprint density at radius 2 is 1.87 bits per heavy atom. The van der Waals surface area contributed by atoms with Gasteiger partial charge in [-0.1, -0.05) is 13.3 Å². The van der Waals surface area contributed by atoms with E-state index in [1.54, 1.807) is 30.3 Å². The average Bonchev–Trinajstić information content (AvgIpc) is 3.48. The number of benzene rings is 3. The molecule has 0 aliphatic carbocycles. The number of ketones is 1. The zero-order chi connectivity index (χ0) is 26.8. The summed E-state index contributed by atoms with van der Waals surface area (Å²) in [5.74, 6) is -0.0292. The van der Waals surface area contributed by atoms with Crippen LogP contribution in [0.2, 0.25) is 0 Å². The summed E-state index contributed by atoms with van der Waals surface area (Å²) >= 11 is 1.09. The molecule has 38 heavy (non-hydrogen) atoms. The zero-order valence-electron chi connectivity index (χ0n) is 21.3. The summed E-state index contributed by atoms with van der Waals surface area (Å²) in [6.45, 7) is 7.44. The fraction of sp³-hybridized carbons (Fsp3) is 0.300. The Kier molecular flexibility index (Phi) is 7.63. The van der Waals surface area contributed by atoms with Gasteiger partial charge in [0.25, 0.3) is 0 Å². The number of aryl methyl sites for hydroxylation is 1. The molecule has 1 atom stereocenters. The van der Waals surface area contributed by atoms with Crippen molar-refractivity contribution in [3.8, 4) is 23.0 Å². The minimum Gasteiger partial charge on any atom is -0.508 e. The van der Waals surface area contributed by atoms with Crippen LogP contribution >= 0.6 is 11.3 Å². The van der Waals surface area contributed by atoms with Gasteiger partial charge in [0.15, 0.2) is 5.75 Å². The van der Waals surface area contributed by atoms with E-state index in [1.807, 2.05) is 0 Å². The van der Waals surface area contributed by atoms with Gasteiger partial charge < -0.3 is 14.6 Å². The molecule has 4 aromatic rings. The van der Waals surface area contributed by atoms with Gasteiger partial charge in [0.2, 0.25) is 5.78 Å². The summed E-state index contributed by atoms with van der Waals surface area (Å²) in [4.78, 5) is 16.1. The van der Waals surface area contributed by atoms with Crippen molar-refractivity contribution in [3.05, 3.63) is 82.2 Å². The van der Waals surface area contributed by atoms with Gasteiger partial charge in [0.05, 0.1) is 5.56 Å². The van der Waals surface area contributed by atoms with Crippen LogP contribution in [-0.2, 0) is 0 Å². The third kappa shape index (κ3) is 5.51. The van der Waals surface area contributed by atoms with Crippen LogP contribution in [-0.4, -0.2) is 42.0 Å². The Morgan fingerprint density at radius 3 is 2.58 bits per heavy atom. The maximum Gasteiger partial charge on any atom is 0.210 e. The second-order valence-corrected chi connectivity index (χ2v) is 10.7. The monoisotopic (exact) mass is 537 g/mol. The smallest absolute Gasteiger partial charge is 0.210 e. The maximum atomic E-state index is 14.7. The first-order chi connectivity index (χ1) is 18.3. The van der Waals surface area contributed by atoms with Gasteiger partial charge >= 0.3 is 0 Å². The van der Waals surface area contributed by atoms with Gasteiger partial charge in [-0.3, -0.25) is 9.69 Å². The van der Waals surface area contributed by atoms with Crippen molar-refractivity contribution in [2.75, 3.05) is 26.2 Å². The molecule has 1 N–H and O–H groups in total. The van der Waals surface area contributed by atoms with Crippen molar-refractivity contribution < 1.29 is 28.2 Å². The predicted octanol–water partition coefficient (Wildman–Crippen LogP) is 7.33. The molecule has 5 nitrogen and oxygen atoms in total. The topological polar surface area (TPSA) is 59.0 Å². The lowest BCUT2D eigenvalue weighted by atomic mass is 10.0. The predicted molar refractivity (Wildman–Crippen MR) is 145 cm³/mol. The highest BCUT2D eigenvalue weighted by atomic mass is 32.1. The number of hydrogen-bond acceptors (Lipinski definition) is 6. The van der Waals surface area contributed by atoms with Gasteiger partial charge in [0.1, 0.15) is 40.4 Å². The number of ether oxygens (including phenoxy) is 2. The first-order valence-corrected chi connectivity index (χ1v) is 13.5. The van der Waals surface area contributed by atoms with Gasteiger partial charge in [-0.2, -0.15) is 0 Å². The Bertz CT molecular complexity index is 1440. The number of halogens is 2. The fourth-order valence-electron chi connectivity index (χ4n) is 4.88. The number of aromatic hydroxyl groups is 1. The largest absolute Gasteiger partial charge is 0.508 e. The molecule has 0 spiro atoms. The summed E-state index contributed by atoms with van der Waals surface area (Å²) in [5.41, 5.74) is -0.0153. The van der Waals surface area contributed by atoms with E-state index in [4.69, 9.17) is 9.47 Å². The summed E-state index contributed by atoms with van der Waals surface area (Å²) in [6.07, 6.45) is 2.46. The number of carbonyl (C=O) groups excluding carboxylic acids is 1. The summed E-state index contributed by atoms with van der Waals surface area (Å²) in [6, 6.07) is 13.6. The van der Waals surface area contributed by atoms with Crippen LogP contribution < -0.4 is 9.47 Å². The van der Waals surface area contributed by atoms with E-state index in [1.165, 1.54) is 31.9 Å². The third-order valence-corrected chi connectivity index (χ3v) is 8.11. The Balaban J connectivity index is 1.36. The molecule has 1 aliphatic heterocycles. The van der Waals surface area contributed by atoms with E-state index in [2.05, 4.69) is 11.8 Å². The van der Waals surface area contributed by atoms with Crippen LogP contribution in [0.4, 0.5) is 8.78 Å². The Labute approximate surface area is 224 Å². The Hall–Kier alpha value is -3.49. The highest BCUT2D eigenvalue weighted by Crippen LogP contribution is 2.43. The van der Waals surface area contributed by atoms with Crippen LogP contribution in [0.3, 0.4) is 0 Å². The van der Waals surface area contributed by atoms with Crippen LogP contribution in [0.1, 0.15) is 40.6 Å². The Morgan fingerprint density at radius 1 is 1.11 bits per heavy atom. The van der Waals surface area contributed by atoms with Gasteiger partial charge in [0, 0.05) is 29.2 Å². The van der Waals surface area contributed by atoms with E-state index in [0.29, 0.717) is 34.3 Å². The molecule has 1 aromatic heterocycles. The molecule has 0 radical (unpaired) electrons. The number of carbonyl (C=O) groups is 1. The van der Waals surface area contributed by atoms with E-state index < -0.39 is 17.4 Å². The molecule has 0 saturated carbocycles. The van der Waals surface area contributed by atoms with Crippen molar-refractivity contribution in [1.29, 1.82) is 0 Å². The molecule has 2 heterocycles. The lowest BCUT2D eigenvalue weighted by molar-refractivity contribution is 0.103. The first-order valence-electron chi connectivity index (χ1n) is 12.7. The molecule has 198 valence electrons. The molecule has 0 amide bonds. The lowest BCUT2D eigenvalue weighted by Gasteiger charge is -2.16. The number of phenols is 1. The minimum atomic E-state index is -0.931. The van der Waals surface area contributed by atoms with Gasteiger partial charge in [-0.05, 0) is 79.9 Å². The van der Waals surface area contributed by atoms with Crippen molar-refractivity contribution in [3.63, 3.8) is 0 Å². The van der Waals surface area contributed by atoms with Crippen molar-refractivity contribution in [2.24, 2.45) is 5.92 Å². The van der Waals surface area contributed by atoms with Crippen LogP contribution in [0.15, 0.2) is 54.6 Å². The summed E-state index contributed by atoms with van der Waals surface area (Å²) in [5, 5.41) is 10.6. The lowest BCUT2D eigenvalue weighted by Crippen LogP contribution is -2.26. The minimum absolute atomic E-state index is 0.0362. The van der Waals surface area contributed by atoms with Crippen molar-refractivity contribution >= 4 is 27.2 Å². The number of rotatable bonds is 9. The first kappa shape index (κ1) is 26.1. The second-order valence-electron chi connectivity index (χ2n) is 9.63. The summed E-state index contributed by atoms with van der Waals surface area (Å²) in [7, 11) is 0. The number of thiophene rings is 1. The fourth-order valence-corrected chi connectivity index (χ4v) is 5.99. The van der Waals surface area contributed by atoms with Crippen LogP contribution in [0.25, 0.3) is 10.1 Å². The SMILES string of the molecule is CC[C@@H]1CCN(CCOc2ccc(Oc3c(C(=O)c4c(C)cc(F)cc4F)sc4cc(O)ccc34)cc2)C1. The van der Waals surface area contributed by atoms with E-state index in [-0.39, 0.29) is 27.5 Å². The van der Waals surface area contributed by atoms with Crippen molar-refractivity contribution in [2.45, 2.75) is 26.7 Å². The number of nitrogens with zero attached hydrogens (tertiary/aromatic N) is 1. The average molecular weight is 538 g/mol. The quantitative estimate of drug-likeness (QED) is 0.227.